The van der Waals surface area contributed by atoms with Gasteiger partial charge < -0.3 is 4.74 Å². The standard InChI is InChI=1S/C12H16N2O3S/c1-9(8-18(14,15)16)7-17-12-5-11(6-13)4-3-10(12)2/h3-5,9H,7-8H2,1-2H3,(H2,14,15,16). The molecule has 1 atom stereocenters. The van der Waals surface area contributed by atoms with Crippen LogP contribution in [0.4, 0.5) is 0 Å². The summed E-state index contributed by atoms with van der Waals surface area (Å²) in [5, 5.41) is 13.7. The number of ether oxygens (including phenoxy) is 1. The van der Waals surface area contributed by atoms with Crippen molar-refractivity contribution in [2.24, 2.45) is 11.1 Å². The van der Waals surface area contributed by atoms with E-state index in [2.05, 4.69) is 0 Å². The average Bonchev–Trinajstić information content (AvgIpc) is 2.25. The molecule has 0 spiro atoms. The van der Waals surface area contributed by atoms with E-state index in [0.717, 1.165) is 5.56 Å². The lowest BCUT2D eigenvalue weighted by Crippen LogP contribution is -2.25. The topological polar surface area (TPSA) is 93.2 Å². The normalized spacial score (nSPS) is 12.8. The molecule has 0 radical (unpaired) electrons. The Morgan fingerprint density at radius 1 is 1.50 bits per heavy atom. The van der Waals surface area contributed by atoms with E-state index < -0.39 is 10.0 Å². The van der Waals surface area contributed by atoms with Crippen molar-refractivity contribution in [3.05, 3.63) is 29.3 Å². The molecule has 1 unspecified atom stereocenters. The summed E-state index contributed by atoms with van der Waals surface area (Å²) in [4.78, 5) is 0. The molecule has 6 heteroatoms. The van der Waals surface area contributed by atoms with Gasteiger partial charge in [-0.25, -0.2) is 13.6 Å². The van der Waals surface area contributed by atoms with E-state index in [4.69, 9.17) is 15.1 Å². The van der Waals surface area contributed by atoms with Gasteiger partial charge in [-0.1, -0.05) is 13.0 Å². The zero-order valence-corrected chi connectivity index (χ0v) is 11.2. The Morgan fingerprint density at radius 3 is 2.72 bits per heavy atom. The summed E-state index contributed by atoms with van der Waals surface area (Å²) >= 11 is 0. The lowest BCUT2D eigenvalue weighted by atomic mass is 10.1. The second kappa shape index (κ2) is 5.85. The number of primary sulfonamides is 1. The first-order valence-corrected chi connectivity index (χ1v) is 7.17. The van der Waals surface area contributed by atoms with E-state index in [1.807, 2.05) is 13.0 Å². The average molecular weight is 268 g/mol. The van der Waals surface area contributed by atoms with Crippen molar-refractivity contribution in [3.8, 4) is 11.8 Å². The lowest BCUT2D eigenvalue weighted by Gasteiger charge is -2.13. The number of nitrogens with zero attached hydrogens (tertiary/aromatic N) is 1. The highest BCUT2D eigenvalue weighted by molar-refractivity contribution is 7.89. The van der Waals surface area contributed by atoms with Gasteiger partial charge in [0.05, 0.1) is 24.0 Å². The Labute approximate surface area is 107 Å². The fraction of sp³-hybridized carbons (Fsp3) is 0.417. The summed E-state index contributed by atoms with van der Waals surface area (Å²) in [5.74, 6) is 0.268. The second-order valence-corrected chi connectivity index (χ2v) is 6.00. The molecule has 0 aliphatic heterocycles. The van der Waals surface area contributed by atoms with Crippen molar-refractivity contribution >= 4 is 10.0 Å². The van der Waals surface area contributed by atoms with Crippen molar-refractivity contribution in [1.29, 1.82) is 5.26 Å². The molecule has 0 aromatic heterocycles. The third-order valence-electron chi connectivity index (χ3n) is 2.36. The summed E-state index contributed by atoms with van der Waals surface area (Å²) in [6.07, 6.45) is 0. The number of nitriles is 1. The molecule has 1 aromatic rings. The Morgan fingerprint density at radius 2 is 2.17 bits per heavy atom. The van der Waals surface area contributed by atoms with Gasteiger partial charge in [-0.15, -0.1) is 0 Å². The van der Waals surface area contributed by atoms with Crippen LogP contribution in [0.2, 0.25) is 0 Å². The number of hydrogen-bond donors (Lipinski definition) is 1. The Balaban J connectivity index is 2.66. The van der Waals surface area contributed by atoms with Gasteiger partial charge in [0.25, 0.3) is 0 Å². The molecule has 0 saturated carbocycles. The number of hydrogen-bond acceptors (Lipinski definition) is 4. The number of aryl methyl sites for hydroxylation is 1. The van der Waals surface area contributed by atoms with Crippen molar-refractivity contribution in [2.45, 2.75) is 13.8 Å². The van der Waals surface area contributed by atoms with E-state index >= 15 is 0 Å². The van der Waals surface area contributed by atoms with Crippen LogP contribution in [-0.2, 0) is 10.0 Å². The zero-order valence-electron chi connectivity index (χ0n) is 10.4. The Bertz CT molecular complexity index is 561. The summed E-state index contributed by atoms with van der Waals surface area (Å²) in [5.41, 5.74) is 1.41. The van der Waals surface area contributed by atoms with Crippen LogP contribution in [0.3, 0.4) is 0 Å². The maximum atomic E-state index is 10.9. The van der Waals surface area contributed by atoms with Crippen molar-refractivity contribution in [2.75, 3.05) is 12.4 Å². The first kappa shape index (κ1) is 14.5. The maximum Gasteiger partial charge on any atom is 0.209 e. The lowest BCUT2D eigenvalue weighted by molar-refractivity contribution is 0.270. The van der Waals surface area contributed by atoms with Gasteiger partial charge in [0, 0.05) is 5.92 Å². The van der Waals surface area contributed by atoms with E-state index in [0.29, 0.717) is 11.3 Å². The zero-order chi connectivity index (χ0) is 13.8. The van der Waals surface area contributed by atoms with Gasteiger partial charge in [-0.3, -0.25) is 0 Å². The van der Waals surface area contributed by atoms with Crippen LogP contribution >= 0.6 is 0 Å². The van der Waals surface area contributed by atoms with Crippen LogP contribution in [0.5, 0.6) is 5.75 Å². The molecular weight excluding hydrogens is 252 g/mol. The van der Waals surface area contributed by atoms with Crippen molar-refractivity contribution < 1.29 is 13.2 Å². The first-order valence-electron chi connectivity index (χ1n) is 5.46. The number of rotatable bonds is 5. The minimum atomic E-state index is -3.48. The predicted molar refractivity (Wildman–Crippen MR) is 68.5 cm³/mol. The summed E-state index contributed by atoms with van der Waals surface area (Å²) in [6, 6.07) is 7.16. The largest absolute Gasteiger partial charge is 0.493 e. The monoisotopic (exact) mass is 268 g/mol. The van der Waals surface area contributed by atoms with Crippen LogP contribution in [0.25, 0.3) is 0 Å². The molecule has 1 rings (SSSR count). The van der Waals surface area contributed by atoms with Crippen LogP contribution < -0.4 is 9.88 Å². The molecule has 5 nitrogen and oxygen atoms in total. The fourth-order valence-corrected chi connectivity index (χ4v) is 2.39. The quantitative estimate of drug-likeness (QED) is 0.867. The Hall–Kier alpha value is -1.58. The molecule has 0 saturated heterocycles. The summed E-state index contributed by atoms with van der Waals surface area (Å²) in [6.45, 7) is 3.85. The predicted octanol–water partition coefficient (Wildman–Crippen LogP) is 1.17. The Kier molecular flexibility index (Phi) is 4.70. The SMILES string of the molecule is Cc1ccc(C#N)cc1OCC(C)CS(N)(=O)=O. The molecule has 0 bridgehead atoms. The first-order chi connectivity index (χ1) is 8.31. The molecule has 18 heavy (non-hydrogen) atoms. The summed E-state index contributed by atoms with van der Waals surface area (Å²) < 4.78 is 27.3. The molecule has 0 aliphatic carbocycles. The molecule has 1 aromatic carbocycles. The van der Waals surface area contributed by atoms with Gasteiger partial charge in [-0.2, -0.15) is 5.26 Å². The van der Waals surface area contributed by atoms with Crippen molar-refractivity contribution in [1.82, 2.24) is 0 Å². The molecule has 0 aliphatic rings. The van der Waals surface area contributed by atoms with Gasteiger partial charge in [-0.05, 0) is 24.6 Å². The van der Waals surface area contributed by atoms with E-state index in [1.165, 1.54) is 0 Å². The highest BCUT2D eigenvalue weighted by Gasteiger charge is 2.12. The molecule has 0 amide bonds. The number of benzene rings is 1. The van der Waals surface area contributed by atoms with E-state index in [-0.39, 0.29) is 18.3 Å². The second-order valence-electron chi connectivity index (χ2n) is 4.34. The van der Waals surface area contributed by atoms with Gasteiger partial charge in [0.15, 0.2) is 0 Å². The van der Waals surface area contributed by atoms with E-state index in [1.54, 1.807) is 25.1 Å². The number of nitrogens with two attached hydrogens (primary N) is 1. The van der Waals surface area contributed by atoms with Crippen LogP contribution in [0.15, 0.2) is 18.2 Å². The van der Waals surface area contributed by atoms with Crippen LogP contribution in [-0.4, -0.2) is 20.8 Å². The third kappa shape index (κ3) is 4.73. The van der Waals surface area contributed by atoms with E-state index in [9.17, 15) is 8.42 Å². The molecule has 0 fully saturated rings. The van der Waals surface area contributed by atoms with Gasteiger partial charge in [0.1, 0.15) is 5.75 Å². The van der Waals surface area contributed by atoms with Gasteiger partial charge >= 0.3 is 0 Å². The third-order valence-corrected chi connectivity index (χ3v) is 3.39. The highest BCUT2D eigenvalue weighted by atomic mass is 32.2. The van der Waals surface area contributed by atoms with Crippen LogP contribution in [0.1, 0.15) is 18.1 Å². The maximum absolute atomic E-state index is 10.9. The number of sulfonamides is 1. The smallest absolute Gasteiger partial charge is 0.209 e. The minimum Gasteiger partial charge on any atom is -0.493 e. The van der Waals surface area contributed by atoms with Gasteiger partial charge in [0.2, 0.25) is 10.0 Å². The van der Waals surface area contributed by atoms with Crippen LogP contribution in [0, 0.1) is 24.2 Å². The summed E-state index contributed by atoms with van der Waals surface area (Å²) in [7, 11) is -3.48. The van der Waals surface area contributed by atoms with Crippen molar-refractivity contribution in [3.63, 3.8) is 0 Å². The fourth-order valence-electron chi connectivity index (χ4n) is 1.50. The highest BCUT2D eigenvalue weighted by Crippen LogP contribution is 2.20. The molecule has 2 N–H and O–H groups in total. The molecule has 0 heterocycles. The molecule has 98 valence electrons. The molecular formula is C12H16N2O3S. The minimum absolute atomic E-state index is 0.121.